The minimum Gasteiger partial charge on any atom is -0.497 e. The summed E-state index contributed by atoms with van der Waals surface area (Å²) in [6.07, 6.45) is 3.07. The number of hydrogen-bond acceptors (Lipinski definition) is 6. The van der Waals surface area contributed by atoms with E-state index in [1.807, 2.05) is 12.1 Å². The zero-order chi connectivity index (χ0) is 20.3. The van der Waals surface area contributed by atoms with Crippen LogP contribution in [-0.4, -0.2) is 37.0 Å². The lowest BCUT2D eigenvalue weighted by atomic mass is 9.91. The van der Waals surface area contributed by atoms with Crippen LogP contribution in [0, 0.1) is 6.92 Å². The monoisotopic (exact) mass is 395 g/mol. The molecule has 2 N–H and O–H groups in total. The maximum atomic E-state index is 12.2. The van der Waals surface area contributed by atoms with Crippen LogP contribution in [0.15, 0.2) is 54.6 Å². The third-order valence-electron chi connectivity index (χ3n) is 5.23. The second-order valence-electron chi connectivity index (χ2n) is 7.36. The summed E-state index contributed by atoms with van der Waals surface area (Å²) < 4.78 is 5.16. The molecule has 0 unspecified atom stereocenters. The SMILES string of the molecule is COc1cccc(NC(=O)ON2CCC3(C=C(c4ccc(C)cc4)NO3)CC2)c1. The molecule has 4 rings (SSSR count). The average molecular weight is 395 g/mol. The normalized spacial score (nSPS) is 18.1. The van der Waals surface area contributed by atoms with Gasteiger partial charge in [0.05, 0.1) is 12.8 Å². The number of amides is 1. The molecule has 7 nitrogen and oxygen atoms in total. The Balaban J connectivity index is 1.31. The fraction of sp³-hybridized carbons (Fsp3) is 0.318. The van der Waals surface area contributed by atoms with Gasteiger partial charge in [0.25, 0.3) is 0 Å². The highest BCUT2D eigenvalue weighted by molar-refractivity contribution is 5.84. The van der Waals surface area contributed by atoms with E-state index in [-0.39, 0.29) is 5.60 Å². The van der Waals surface area contributed by atoms with Crippen molar-refractivity contribution in [2.45, 2.75) is 25.4 Å². The lowest BCUT2D eigenvalue weighted by Crippen LogP contribution is -2.45. The van der Waals surface area contributed by atoms with Crippen LogP contribution in [0.1, 0.15) is 24.0 Å². The van der Waals surface area contributed by atoms with Gasteiger partial charge in [-0.05, 0) is 43.5 Å². The molecule has 1 fully saturated rings. The molecule has 29 heavy (non-hydrogen) atoms. The van der Waals surface area contributed by atoms with Crippen molar-refractivity contribution in [3.05, 3.63) is 65.7 Å². The summed E-state index contributed by atoms with van der Waals surface area (Å²) in [6.45, 7) is 3.24. The molecule has 0 saturated carbocycles. The highest BCUT2D eigenvalue weighted by Gasteiger charge is 2.39. The number of rotatable bonds is 4. The van der Waals surface area contributed by atoms with E-state index < -0.39 is 6.09 Å². The van der Waals surface area contributed by atoms with Gasteiger partial charge in [-0.15, -0.1) is 5.06 Å². The summed E-state index contributed by atoms with van der Waals surface area (Å²) in [7, 11) is 1.58. The Morgan fingerprint density at radius 1 is 1.17 bits per heavy atom. The first-order chi connectivity index (χ1) is 14.0. The fourth-order valence-electron chi connectivity index (χ4n) is 3.52. The van der Waals surface area contributed by atoms with Crippen LogP contribution in [0.5, 0.6) is 5.75 Å². The molecule has 0 aromatic heterocycles. The third kappa shape index (κ3) is 4.52. The van der Waals surface area contributed by atoms with Gasteiger partial charge in [0, 0.05) is 24.8 Å². The topological polar surface area (TPSA) is 72.1 Å². The van der Waals surface area contributed by atoms with E-state index in [2.05, 4.69) is 48.1 Å². The smallest absolute Gasteiger partial charge is 0.430 e. The Labute approximate surface area is 170 Å². The molecule has 152 valence electrons. The van der Waals surface area contributed by atoms with Crippen molar-refractivity contribution in [2.75, 3.05) is 25.5 Å². The molecule has 2 heterocycles. The molecule has 7 heteroatoms. The maximum Gasteiger partial charge on any atom is 0.430 e. The highest BCUT2D eigenvalue weighted by Crippen LogP contribution is 2.34. The number of anilines is 1. The van der Waals surface area contributed by atoms with E-state index in [4.69, 9.17) is 14.4 Å². The highest BCUT2D eigenvalue weighted by atomic mass is 16.7. The first-order valence-corrected chi connectivity index (χ1v) is 9.67. The van der Waals surface area contributed by atoms with Gasteiger partial charge in [-0.25, -0.2) is 4.79 Å². The van der Waals surface area contributed by atoms with Crippen LogP contribution in [-0.2, 0) is 9.68 Å². The number of benzene rings is 2. The van der Waals surface area contributed by atoms with Crippen LogP contribution in [0.25, 0.3) is 5.70 Å². The van der Waals surface area contributed by atoms with Gasteiger partial charge in [-0.3, -0.25) is 15.6 Å². The van der Waals surface area contributed by atoms with Gasteiger partial charge in [0.1, 0.15) is 11.4 Å². The molecule has 0 atom stereocenters. The standard InChI is InChI=1S/C22H25N3O4/c1-16-6-8-17(9-7-16)20-15-22(29-24-20)10-12-25(13-11-22)28-21(26)23-18-4-3-5-19(14-18)27-2/h3-9,14-15,24H,10-13H2,1-2H3,(H,23,26). The molecule has 2 aliphatic rings. The minimum atomic E-state index is -0.518. The third-order valence-corrected chi connectivity index (χ3v) is 5.23. The van der Waals surface area contributed by atoms with Gasteiger partial charge in [0.15, 0.2) is 0 Å². The minimum absolute atomic E-state index is 0.372. The van der Waals surface area contributed by atoms with Gasteiger partial charge < -0.3 is 9.57 Å². The second kappa shape index (κ2) is 8.14. The Kier molecular flexibility index (Phi) is 5.42. The largest absolute Gasteiger partial charge is 0.497 e. The number of hydrogen-bond donors (Lipinski definition) is 2. The quantitative estimate of drug-likeness (QED) is 0.819. The van der Waals surface area contributed by atoms with Crippen LogP contribution < -0.4 is 15.5 Å². The summed E-state index contributed by atoms with van der Waals surface area (Å²) >= 11 is 0. The number of carbonyl (C=O) groups excluding carboxylic acids is 1. The van der Waals surface area contributed by atoms with Gasteiger partial charge in [-0.2, -0.15) is 0 Å². The summed E-state index contributed by atoms with van der Waals surface area (Å²) in [5, 5.41) is 4.39. The Morgan fingerprint density at radius 2 is 1.93 bits per heavy atom. The number of piperidine rings is 1. The molecule has 1 saturated heterocycles. The first-order valence-electron chi connectivity index (χ1n) is 9.67. The predicted octanol–water partition coefficient (Wildman–Crippen LogP) is 3.88. The van der Waals surface area contributed by atoms with Crippen molar-refractivity contribution in [1.29, 1.82) is 0 Å². The lowest BCUT2D eigenvalue weighted by molar-refractivity contribution is -0.153. The van der Waals surface area contributed by atoms with Gasteiger partial charge >= 0.3 is 6.09 Å². The van der Waals surface area contributed by atoms with E-state index >= 15 is 0 Å². The molecule has 1 amide bonds. The van der Waals surface area contributed by atoms with Gasteiger partial charge in [-0.1, -0.05) is 35.9 Å². The fourth-order valence-corrected chi connectivity index (χ4v) is 3.52. The second-order valence-corrected chi connectivity index (χ2v) is 7.36. The Morgan fingerprint density at radius 3 is 2.66 bits per heavy atom. The number of aryl methyl sites for hydroxylation is 1. The van der Waals surface area contributed by atoms with Gasteiger partial charge in [0.2, 0.25) is 0 Å². The summed E-state index contributed by atoms with van der Waals surface area (Å²) in [4.78, 5) is 23.5. The first kappa shape index (κ1) is 19.3. The molecular formula is C22H25N3O4. The molecule has 1 spiro atoms. The number of hydroxylamine groups is 3. The zero-order valence-electron chi connectivity index (χ0n) is 16.6. The van der Waals surface area contributed by atoms with Crippen LogP contribution in [0.3, 0.4) is 0 Å². The van der Waals surface area contributed by atoms with Crippen molar-refractivity contribution >= 4 is 17.5 Å². The predicted molar refractivity (Wildman–Crippen MR) is 110 cm³/mol. The van der Waals surface area contributed by atoms with E-state index in [1.165, 1.54) is 5.56 Å². The van der Waals surface area contributed by atoms with Crippen molar-refractivity contribution in [2.24, 2.45) is 0 Å². The molecule has 0 bridgehead atoms. The molecule has 0 radical (unpaired) electrons. The van der Waals surface area contributed by atoms with E-state index in [1.54, 1.807) is 24.3 Å². The van der Waals surface area contributed by atoms with Crippen LogP contribution >= 0.6 is 0 Å². The number of carbonyl (C=O) groups is 1. The van der Waals surface area contributed by atoms with Crippen molar-refractivity contribution in [3.8, 4) is 5.75 Å². The van der Waals surface area contributed by atoms with Crippen molar-refractivity contribution < 1.29 is 19.2 Å². The molecule has 2 aromatic rings. The number of methoxy groups -OCH3 is 1. The van der Waals surface area contributed by atoms with E-state index in [0.29, 0.717) is 24.5 Å². The van der Waals surface area contributed by atoms with E-state index in [0.717, 1.165) is 24.1 Å². The number of nitrogens with one attached hydrogen (secondary N) is 2. The Bertz CT molecular complexity index is 903. The Hall–Kier alpha value is -3.03. The summed E-state index contributed by atoms with van der Waals surface area (Å²) in [5.74, 6) is 0.671. The molecule has 2 aliphatic heterocycles. The van der Waals surface area contributed by atoms with Crippen molar-refractivity contribution in [1.82, 2.24) is 10.5 Å². The lowest BCUT2D eigenvalue weighted by Gasteiger charge is -2.35. The summed E-state index contributed by atoms with van der Waals surface area (Å²) in [6, 6.07) is 15.5. The molecule has 0 aliphatic carbocycles. The van der Waals surface area contributed by atoms with E-state index in [9.17, 15) is 4.79 Å². The molecule has 2 aromatic carbocycles. The number of ether oxygens (including phenoxy) is 1. The number of nitrogens with zero attached hydrogens (tertiary/aromatic N) is 1. The maximum absolute atomic E-state index is 12.2. The zero-order valence-corrected chi connectivity index (χ0v) is 16.6. The van der Waals surface area contributed by atoms with Crippen LogP contribution in [0.2, 0.25) is 0 Å². The summed E-state index contributed by atoms with van der Waals surface area (Å²) in [5.41, 5.74) is 6.62. The average Bonchev–Trinajstić information content (AvgIpc) is 3.14. The molecular weight excluding hydrogens is 370 g/mol. The van der Waals surface area contributed by atoms with Crippen molar-refractivity contribution in [3.63, 3.8) is 0 Å². The van der Waals surface area contributed by atoms with Crippen LogP contribution in [0.4, 0.5) is 10.5 Å².